The van der Waals surface area contributed by atoms with Crippen LogP contribution in [0.15, 0.2) is 59.6 Å². The zero-order valence-electron chi connectivity index (χ0n) is 11.3. The van der Waals surface area contributed by atoms with Crippen LogP contribution in [0.5, 0.6) is 0 Å². The van der Waals surface area contributed by atoms with E-state index in [-0.39, 0.29) is 0 Å². The van der Waals surface area contributed by atoms with Crippen LogP contribution in [0.2, 0.25) is 10.3 Å². The summed E-state index contributed by atoms with van der Waals surface area (Å²) in [4.78, 5) is 4.59. The molecule has 1 unspecified atom stereocenters. The number of anilines is 1. The Hall–Kier alpha value is -0.931. The SMILES string of the molecule is Clc1ccccc1NC1=NCC(C[Se]c2ccccc2)S1. The molecule has 3 rings (SSSR count). The first-order valence-electron chi connectivity index (χ1n) is 6.72. The Bertz CT molecular complexity index is 633. The fourth-order valence-corrected chi connectivity index (χ4v) is 5.52. The van der Waals surface area contributed by atoms with Gasteiger partial charge in [0.25, 0.3) is 0 Å². The van der Waals surface area contributed by atoms with Crippen molar-refractivity contribution in [3.05, 3.63) is 59.6 Å². The van der Waals surface area contributed by atoms with Gasteiger partial charge in [-0.1, -0.05) is 0 Å². The number of halogens is 1. The van der Waals surface area contributed by atoms with E-state index in [9.17, 15) is 0 Å². The van der Waals surface area contributed by atoms with Crippen molar-refractivity contribution in [2.45, 2.75) is 10.6 Å². The maximum atomic E-state index is 6.16. The molecular formula is C16H15ClN2SSe. The molecule has 2 aromatic rings. The first-order chi connectivity index (χ1) is 10.3. The molecule has 1 heterocycles. The topological polar surface area (TPSA) is 24.4 Å². The van der Waals surface area contributed by atoms with Crippen LogP contribution in [0, 0.1) is 0 Å². The van der Waals surface area contributed by atoms with Crippen LogP contribution in [-0.4, -0.2) is 31.9 Å². The third kappa shape index (κ3) is 4.27. The minimum absolute atomic E-state index is 0.522. The fraction of sp³-hybridized carbons (Fsp3) is 0.188. The monoisotopic (exact) mass is 382 g/mol. The molecule has 21 heavy (non-hydrogen) atoms. The van der Waals surface area contributed by atoms with Gasteiger partial charge in [0.2, 0.25) is 0 Å². The number of hydrogen-bond acceptors (Lipinski definition) is 3. The molecule has 1 N–H and O–H groups in total. The van der Waals surface area contributed by atoms with E-state index in [0.717, 1.165) is 22.4 Å². The van der Waals surface area contributed by atoms with Gasteiger partial charge in [-0.25, -0.2) is 0 Å². The van der Waals surface area contributed by atoms with E-state index in [1.165, 1.54) is 9.78 Å². The van der Waals surface area contributed by atoms with E-state index in [2.05, 4.69) is 40.6 Å². The number of rotatable bonds is 4. The van der Waals surface area contributed by atoms with Crippen molar-refractivity contribution in [2.75, 3.05) is 11.9 Å². The van der Waals surface area contributed by atoms with Crippen LogP contribution < -0.4 is 9.78 Å². The summed E-state index contributed by atoms with van der Waals surface area (Å²) in [6, 6.07) is 18.5. The normalized spacial score (nSPS) is 17.6. The van der Waals surface area contributed by atoms with Crippen molar-refractivity contribution in [2.24, 2.45) is 4.99 Å². The molecular weight excluding hydrogens is 367 g/mol. The molecule has 0 amide bonds. The Balaban J connectivity index is 1.50. The number of nitrogens with one attached hydrogen (secondary N) is 1. The van der Waals surface area contributed by atoms with Crippen LogP contribution in [0.4, 0.5) is 5.69 Å². The average Bonchev–Trinajstić information content (AvgIpc) is 2.96. The third-order valence-corrected chi connectivity index (χ3v) is 7.38. The number of hydrogen-bond donors (Lipinski definition) is 1. The molecule has 0 aromatic heterocycles. The number of nitrogens with zero attached hydrogens (tertiary/aromatic N) is 1. The molecule has 1 atom stereocenters. The van der Waals surface area contributed by atoms with Gasteiger partial charge < -0.3 is 0 Å². The van der Waals surface area contributed by atoms with E-state index < -0.39 is 0 Å². The summed E-state index contributed by atoms with van der Waals surface area (Å²) < 4.78 is 1.46. The third-order valence-electron chi connectivity index (χ3n) is 3.01. The van der Waals surface area contributed by atoms with Gasteiger partial charge in [0.05, 0.1) is 0 Å². The minimum atomic E-state index is 0.522. The molecule has 1 aliphatic heterocycles. The molecule has 0 saturated heterocycles. The molecule has 2 aromatic carbocycles. The molecule has 0 saturated carbocycles. The van der Waals surface area contributed by atoms with Gasteiger partial charge in [0.1, 0.15) is 0 Å². The second-order valence-corrected chi connectivity index (χ2v) is 8.60. The Morgan fingerprint density at radius 1 is 1.14 bits per heavy atom. The molecule has 0 fully saturated rings. The van der Waals surface area contributed by atoms with Crippen LogP contribution in [0.25, 0.3) is 0 Å². The van der Waals surface area contributed by atoms with Crippen molar-refractivity contribution in [3.8, 4) is 0 Å². The quantitative estimate of drug-likeness (QED) is 0.817. The second-order valence-electron chi connectivity index (χ2n) is 4.61. The van der Waals surface area contributed by atoms with Crippen LogP contribution in [0.3, 0.4) is 0 Å². The van der Waals surface area contributed by atoms with E-state index in [1.54, 1.807) is 0 Å². The summed E-state index contributed by atoms with van der Waals surface area (Å²) >= 11 is 8.51. The Labute approximate surface area is 140 Å². The molecule has 0 radical (unpaired) electrons. The van der Waals surface area contributed by atoms with Crippen molar-refractivity contribution >= 4 is 53.6 Å². The van der Waals surface area contributed by atoms with E-state index in [1.807, 2.05) is 36.0 Å². The summed E-state index contributed by atoms with van der Waals surface area (Å²) in [5, 5.41) is 6.83. The predicted molar refractivity (Wildman–Crippen MR) is 95.4 cm³/mol. The molecule has 0 aliphatic carbocycles. The summed E-state index contributed by atoms with van der Waals surface area (Å²) in [5.74, 6) is 0. The maximum absolute atomic E-state index is 6.16. The zero-order chi connectivity index (χ0) is 14.5. The molecule has 0 spiro atoms. The van der Waals surface area contributed by atoms with Crippen molar-refractivity contribution in [1.82, 2.24) is 0 Å². The second kappa shape index (κ2) is 7.37. The van der Waals surface area contributed by atoms with Crippen molar-refractivity contribution < 1.29 is 0 Å². The molecule has 0 bridgehead atoms. The number of para-hydroxylation sites is 1. The number of thioether (sulfide) groups is 1. The van der Waals surface area contributed by atoms with Crippen LogP contribution in [-0.2, 0) is 0 Å². The summed E-state index contributed by atoms with van der Waals surface area (Å²) in [6.07, 6.45) is 0. The van der Waals surface area contributed by atoms with Crippen molar-refractivity contribution in [1.29, 1.82) is 0 Å². The Morgan fingerprint density at radius 2 is 1.90 bits per heavy atom. The number of benzene rings is 2. The fourth-order valence-electron chi connectivity index (χ4n) is 1.96. The van der Waals surface area contributed by atoms with Gasteiger partial charge in [-0.15, -0.1) is 0 Å². The predicted octanol–water partition coefficient (Wildman–Crippen LogP) is 3.67. The standard InChI is InChI=1S/C16H15ClN2SSe/c17-14-8-4-5-9-15(14)19-16-18-10-12(20-16)11-21-13-6-2-1-3-7-13/h1-9,12H,10-11H2,(H,18,19). The summed E-state index contributed by atoms with van der Waals surface area (Å²) in [7, 11) is 0. The summed E-state index contributed by atoms with van der Waals surface area (Å²) in [6.45, 7) is 0.895. The Kier molecular flexibility index (Phi) is 5.26. The molecule has 108 valence electrons. The van der Waals surface area contributed by atoms with E-state index >= 15 is 0 Å². The number of aliphatic imine (C=N–C) groups is 1. The van der Waals surface area contributed by atoms with Crippen molar-refractivity contribution in [3.63, 3.8) is 0 Å². The van der Waals surface area contributed by atoms with Gasteiger partial charge >= 0.3 is 141 Å². The first kappa shape index (κ1) is 15.0. The van der Waals surface area contributed by atoms with E-state index in [0.29, 0.717) is 20.2 Å². The van der Waals surface area contributed by atoms with Gasteiger partial charge in [-0.2, -0.15) is 0 Å². The van der Waals surface area contributed by atoms with E-state index in [4.69, 9.17) is 11.6 Å². The van der Waals surface area contributed by atoms with Crippen LogP contribution >= 0.6 is 23.4 Å². The summed E-state index contributed by atoms with van der Waals surface area (Å²) in [5.41, 5.74) is 0.930. The molecule has 1 aliphatic rings. The van der Waals surface area contributed by atoms with Gasteiger partial charge in [0, 0.05) is 0 Å². The molecule has 2 nitrogen and oxygen atoms in total. The average molecular weight is 382 g/mol. The Morgan fingerprint density at radius 3 is 2.71 bits per heavy atom. The number of amidine groups is 1. The van der Waals surface area contributed by atoms with Gasteiger partial charge in [-0.05, 0) is 0 Å². The van der Waals surface area contributed by atoms with Gasteiger partial charge in [-0.3, -0.25) is 0 Å². The van der Waals surface area contributed by atoms with Gasteiger partial charge in [0.15, 0.2) is 0 Å². The molecule has 5 heteroatoms. The van der Waals surface area contributed by atoms with Crippen LogP contribution in [0.1, 0.15) is 0 Å². The zero-order valence-corrected chi connectivity index (χ0v) is 14.6. The first-order valence-corrected chi connectivity index (χ1v) is 10.0.